The Balaban J connectivity index is 1.39. The monoisotopic (exact) mass is 501 g/mol. The number of hydrogen-bond acceptors (Lipinski definition) is 6. The summed E-state index contributed by atoms with van der Waals surface area (Å²) in [5, 5.41) is 3.48. The normalized spacial score (nSPS) is 21.4. The number of nitrogens with zero attached hydrogens (tertiary/aromatic N) is 4. The van der Waals surface area contributed by atoms with Gasteiger partial charge in [-0.15, -0.1) is 11.3 Å². The van der Waals surface area contributed by atoms with Gasteiger partial charge in [0.05, 0.1) is 16.6 Å². The molecular weight excluding hydrogens is 462 g/mol. The molecule has 192 valence electrons. The van der Waals surface area contributed by atoms with Crippen molar-refractivity contribution in [2.24, 2.45) is 0 Å². The molecule has 4 heterocycles. The molecule has 0 radical (unpaired) electrons. The lowest BCUT2D eigenvalue weighted by molar-refractivity contribution is -0.135. The highest BCUT2D eigenvalue weighted by Gasteiger charge is 2.25. The van der Waals surface area contributed by atoms with Gasteiger partial charge in [0.2, 0.25) is 5.91 Å². The number of carbonyl (C=O) groups excluding carboxylic acids is 2. The first-order chi connectivity index (χ1) is 16.9. The number of carbonyl (C=O) groups is 2. The molecule has 2 aliphatic heterocycles. The highest BCUT2D eigenvalue weighted by Crippen LogP contribution is 2.27. The van der Waals surface area contributed by atoms with Crippen molar-refractivity contribution >= 4 is 33.4 Å². The molecule has 0 saturated carbocycles. The van der Waals surface area contributed by atoms with Gasteiger partial charge in [0.25, 0.3) is 11.5 Å². The maximum absolute atomic E-state index is 13.2. The predicted octanol–water partition coefficient (Wildman–Crippen LogP) is 3.55. The summed E-state index contributed by atoms with van der Waals surface area (Å²) >= 11 is 1.25. The van der Waals surface area contributed by atoms with Crippen molar-refractivity contribution in [2.75, 3.05) is 26.2 Å². The smallest absolute Gasteiger partial charge is 0.262 e. The number of rotatable bonds is 8. The lowest BCUT2D eigenvalue weighted by Crippen LogP contribution is -2.44. The maximum Gasteiger partial charge on any atom is 0.262 e. The fourth-order valence-corrected chi connectivity index (χ4v) is 6.63. The van der Waals surface area contributed by atoms with E-state index < -0.39 is 0 Å². The van der Waals surface area contributed by atoms with Gasteiger partial charge in [-0.25, -0.2) is 4.98 Å². The van der Waals surface area contributed by atoms with E-state index in [0.717, 1.165) is 45.3 Å². The van der Waals surface area contributed by atoms with Crippen LogP contribution in [0.3, 0.4) is 0 Å². The van der Waals surface area contributed by atoms with Gasteiger partial charge in [0.1, 0.15) is 11.4 Å². The molecule has 2 saturated heterocycles. The number of thiophene rings is 1. The zero-order chi connectivity index (χ0) is 24.9. The van der Waals surface area contributed by atoms with Crippen LogP contribution in [0.25, 0.3) is 10.2 Å². The van der Waals surface area contributed by atoms with E-state index in [1.54, 1.807) is 6.92 Å². The molecule has 2 aromatic rings. The van der Waals surface area contributed by atoms with Gasteiger partial charge in [-0.1, -0.05) is 13.3 Å². The number of fused-ring (bicyclic) bond motifs is 1. The van der Waals surface area contributed by atoms with Crippen LogP contribution in [0.1, 0.15) is 80.4 Å². The lowest BCUT2D eigenvalue weighted by Gasteiger charge is -2.35. The fraction of sp³-hybridized carbons (Fsp3) is 0.692. The summed E-state index contributed by atoms with van der Waals surface area (Å²) < 4.78 is 1.39. The van der Waals surface area contributed by atoms with Crippen LogP contribution in [0, 0.1) is 6.92 Å². The van der Waals surface area contributed by atoms with Gasteiger partial charge in [-0.2, -0.15) is 0 Å². The van der Waals surface area contributed by atoms with Crippen LogP contribution in [-0.2, 0) is 11.3 Å². The van der Waals surface area contributed by atoms with Crippen LogP contribution < -0.4 is 10.9 Å². The van der Waals surface area contributed by atoms with Crippen molar-refractivity contribution in [3.8, 4) is 0 Å². The average molecular weight is 502 g/mol. The maximum atomic E-state index is 13.2. The molecule has 0 spiro atoms. The van der Waals surface area contributed by atoms with Crippen LogP contribution in [-0.4, -0.2) is 69.4 Å². The number of amides is 2. The zero-order valence-corrected chi connectivity index (χ0v) is 22.2. The molecule has 2 aliphatic rings. The van der Waals surface area contributed by atoms with Gasteiger partial charge in [-0.3, -0.25) is 19.0 Å². The predicted molar refractivity (Wildman–Crippen MR) is 140 cm³/mol. The van der Waals surface area contributed by atoms with E-state index in [2.05, 4.69) is 29.0 Å². The highest BCUT2D eigenvalue weighted by molar-refractivity contribution is 7.20. The van der Waals surface area contributed by atoms with E-state index >= 15 is 0 Å². The molecule has 2 fully saturated rings. The van der Waals surface area contributed by atoms with Crippen LogP contribution in [0.4, 0.5) is 0 Å². The molecule has 0 aliphatic carbocycles. The van der Waals surface area contributed by atoms with Gasteiger partial charge in [0.15, 0.2) is 0 Å². The molecule has 1 N–H and O–H groups in total. The summed E-state index contributed by atoms with van der Waals surface area (Å²) in [6.07, 6.45) is 10.5. The number of hydrogen-bond donors (Lipinski definition) is 1. The quantitative estimate of drug-likeness (QED) is 0.559. The van der Waals surface area contributed by atoms with E-state index in [0.29, 0.717) is 33.2 Å². The SMILES string of the molecule is CC[C@H]1CCCCN1CCCNC(=O)c1sc2ncn(CC(=O)N3CCCC[C@H]3C)c(=O)c2c1C. The van der Waals surface area contributed by atoms with E-state index in [-0.39, 0.29) is 30.0 Å². The lowest BCUT2D eigenvalue weighted by atomic mass is 10.00. The number of piperidine rings is 2. The molecule has 2 aromatic heterocycles. The Labute approximate surface area is 211 Å². The third-order valence-electron chi connectivity index (χ3n) is 7.68. The topological polar surface area (TPSA) is 87.5 Å². The van der Waals surface area contributed by atoms with Crippen molar-refractivity contribution in [2.45, 2.75) is 90.8 Å². The van der Waals surface area contributed by atoms with Crippen LogP contribution >= 0.6 is 11.3 Å². The molecular formula is C26H39N5O3S. The Bertz CT molecular complexity index is 1110. The van der Waals surface area contributed by atoms with Crippen molar-refractivity contribution in [3.05, 3.63) is 27.1 Å². The molecule has 8 nitrogen and oxygen atoms in total. The molecule has 2 atom stereocenters. The van der Waals surface area contributed by atoms with Crippen molar-refractivity contribution in [1.82, 2.24) is 24.7 Å². The second-order valence-electron chi connectivity index (χ2n) is 10.0. The number of likely N-dealkylation sites (tertiary alicyclic amines) is 2. The minimum atomic E-state index is -0.253. The first kappa shape index (κ1) is 25.8. The van der Waals surface area contributed by atoms with Crippen LogP contribution in [0.5, 0.6) is 0 Å². The Morgan fingerprint density at radius 2 is 1.94 bits per heavy atom. The average Bonchev–Trinajstić information content (AvgIpc) is 3.21. The molecule has 0 unspecified atom stereocenters. The molecule has 0 aromatic carbocycles. The van der Waals surface area contributed by atoms with Crippen LogP contribution in [0.2, 0.25) is 0 Å². The second kappa shape index (κ2) is 11.6. The van der Waals surface area contributed by atoms with E-state index in [1.807, 2.05) is 4.90 Å². The third-order valence-corrected chi connectivity index (χ3v) is 8.88. The molecule has 4 rings (SSSR count). The van der Waals surface area contributed by atoms with Gasteiger partial charge < -0.3 is 15.1 Å². The van der Waals surface area contributed by atoms with Crippen molar-refractivity contribution in [3.63, 3.8) is 0 Å². The summed E-state index contributed by atoms with van der Waals surface area (Å²) in [5.41, 5.74) is 0.395. The van der Waals surface area contributed by atoms with Gasteiger partial charge in [0, 0.05) is 31.7 Å². The number of nitrogens with one attached hydrogen (secondary N) is 1. The Morgan fingerprint density at radius 1 is 1.17 bits per heavy atom. The molecule has 2 amide bonds. The highest BCUT2D eigenvalue weighted by atomic mass is 32.1. The molecule has 35 heavy (non-hydrogen) atoms. The largest absolute Gasteiger partial charge is 0.351 e. The molecule has 9 heteroatoms. The zero-order valence-electron chi connectivity index (χ0n) is 21.3. The Morgan fingerprint density at radius 3 is 2.71 bits per heavy atom. The minimum absolute atomic E-state index is 0.0157. The van der Waals surface area contributed by atoms with Gasteiger partial charge >= 0.3 is 0 Å². The van der Waals surface area contributed by atoms with E-state index in [4.69, 9.17) is 0 Å². The first-order valence-corrected chi connectivity index (χ1v) is 14.0. The summed E-state index contributed by atoms with van der Waals surface area (Å²) in [4.78, 5) is 48.9. The van der Waals surface area contributed by atoms with E-state index in [9.17, 15) is 14.4 Å². The third kappa shape index (κ3) is 5.77. The van der Waals surface area contributed by atoms with Crippen molar-refractivity contribution < 1.29 is 9.59 Å². The summed E-state index contributed by atoms with van der Waals surface area (Å²) in [6.45, 7) is 9.60. The molecule has 0 bridgehead atoms. The number of aryl methyl sites for hydroxylation is 1. The number of aromatic nitrogens is 2. The first-order valence-electron chi connectivity index (χ1n) is 13.2. The van der Waals surface area contributed by atoms with Gasteiger partial charge in [-0.05, 0) is 70.9 Å². The summed E-state index contributed by atoms with van der Waals surface area (Å²) in [6, 6.07) is 0.868. The summed E-state index contributed by atoms with van der Waals surface area (Å²) in [5.74, 6) is -0.203. The Hall–Kier alpha value is -2.26. The standard InChI is InChI=1S/C26H39N5O3S/c1-4-20-11-6-7-13-29(20)14-9-12-27-24(33)23-19(3)22-25(35-23)28-17-30(26(22)34)16-21(32)31-15-8-5-10-18(31)2/h17-18,20H,4-16H2,1-3H3,(H,27,33)/t18-,20+/m1/s1. The van der Waals surface area contributed by atoms with E-state index in [1.165, 1.54) is 47.9 Å². The summed E-state index contributed by atoms with van der Waals surface area (Å²) in [7, 11) is 0. The van der Waals surface area contributed by atoms with Crippen molar-refractivity contribution in [1.29, 1.82) is 0 Å². The van der Waals surface area contributed by atoms with Crippen LogP contribution in [0.15, 0.2) is 11.1 Å². The fourth-order valence-electron chi connectivity index (χ4n) is 5.57. The minimum Gasteiger partial charge on any atom is -0.351 e. The second-order valence-corrected chi connectivity index (χ2v) is 11.0. The Kier molecular flexibility index (Phi) is 8.59.